The molecule has 0 atom stereocenters. The molecule has 0 unspecified atom stereocenters. The minimum Gasteiger partial charge on any atom is -0.497 e. The van der Waals surface area contributed by atoms with E-state index in [2.05, 4.69) is 9.98 Å². The van der Waals surface area contributed by atoms with Crippen LogP contribution in [-0.4, -0.2) is 25.4 Å². The van der Waals surface area contributed by atoms with Gasteiger partial charge in [-0.15, -0.1) is 0 Å². The fraction of sp³-hybridized carbons (Fsp3) is 0.200. The van der Waals surface area contributed by atoms with Crippen LogP contribution in [0.25, 0.3) is 0 Å². The quantitative estimate of drug-likeness (QED) is 0.847. The molecule has 0 spiro atoms. The average molecular weight is 271 g/mol. The zero-order chi connectivity index (χ0) is 14.4. The van der Waals surface area contributed by atoms with Gasteiger partial charge in [0.2, 0.25) is 0 Å². The van der Waals surface area contributed by atoms with E-state index in [1.165, 1.54) is 0 Å². The van der Waals surface area contributed by atoms with Crippen LogP contribution in [0.1, 0.15) is 11.3 Å². The van der Waals surface area contributed by atoms with E-state index >= 15 is 0 Å². The summed E-state index contributed by atoms with van der Waals surface area (Å²) in [6.07, 6.45) is 3.43. The summed E-state index contributed by atoms with van der Waals surface area (Å²) in [6, 6.07) is 9.27. The molecule has 0 saturated heterocycles. The van der Waals surface area contributed by atoms with Gasteiger partial charge in [-0.25, -0.2) is 0 Å². The summed E-state index contributed by atoms with van der Waals surface area (Å²) < 4.78 is 10.5. The highest BCUT2D eigenvalue weighted by atomic mass is 16.5. The molecule has 0 saturated carbocycles. The van der Waals surface area contributed by atoms with E-state index in [1.54, 1.807) is 26.6 Å². The van der Waals surface area contributed by atoms with E-state index in [0.29, 0.717) is 12.3 Å². The van der Waals surface area contributed by atoms with Crippen molar-refractivity contribution in [1.29, 1.82) is 0 Å². The van der Waals surface area contributed by atoms with Crippen LogP contribution < -0.4 is 15.2 Å². The maximum Gasteiger partial charge on any atom is 0.131 e. The number of pyridine rings is 1. The number of nitrogens with two attached hydrogens (primary N) is 1. The number of hydrogen-bond acceptors (Lipinski definition) is 5. The number of ether oxygens (including phenoxy) is 2. The average Bonchev–Trinajstić information content (AvgIpc) is 2.52. The molecule has 2 N–H and O–H groups in total. The molecule has 0 aliphatic carbocycles. The van der Waals surface area contributed by atoms with Crippen molar-refractivity contribution in [3.05, 3.63) is 47.8 Å². The summed E-state index contributed by atoms with van der Waals surface area (Å²) in [7, 11) is 3.23. The second-order valence-electron chi connectivity index (χ2n) is 4.04. The topological polar surface area (TPSA) is 69.7 Å². The second-order valence-corrected chi connectivity index (χ2v) is 4.04. The summed E-state index contributed by atoms with van der Waals surface area (Å²) in [6.45, 7) is 0.354. The Labute approximate surface area is 118 Å². The van der Waals surface area contributed by atoms with E-state index in [9.17, 15) is 0 Å². The zero-order valence-electron chi connectivity index (χ0n) is 11.5. The minimum atomic E-state index is 0.354. The lowest BCUT2D eigenvalue weighted by atomic mass is 10.2. The third-order valence-electron chi connectivity index (χ3n) is 2.84. The molecule has 0 amide bonds. The van der Waals surface area contributed by atoms with Gasteiger partial charge in [0, 0.05) is 30.6 Å². The van der Waals surface area contributed by atoms with Gasteiger partial charge in [0.05, 0.1) is 25.6 Å². The molecule has 0 bridgehead atoms. The number of benzene rings is 1. The summed E-state index contributed by atoms with van der Waals surface area (Å²) >= 11 is 0. The number of methoxy groups -OCH3 is 2. The van der Waals surface area contributed by atoms with E-state index in [4.69, 9.17) is 15.2 Å². The molecule has 1 aromatic carbocycles. The van der Waals surface area contributed by atoms with Gasteiger partial charge in [0.1, 0.15) is 11.5 Å². The lowest BCUT2D eigenvalue weighted by Crippen LogP contribution is -1.99. The molecule has 0 radical (unpaired) electrons. The van der Waals surface area contributed by atoms with Crippen LogP contribution in [0.5, 0.6) is 11.5 Å². The Bertz CT molecular complexity index is 612. The van der Waals surface area contributed by atoms with Crippen molar-refractivity contribution in [2.45, 2.75) is 6.54 Å². The van der Waals surface area contributed by atoms with Gasteiger partial charge in [-0.2, -0.15) is 0 Å². The summed E-state index contributed by atoms with van der Waals surface area (Å²) in [5.74, 6) is 1.44. The van der Waals surface area contributed by atoms with Crippen molar-refractivity contribution in [1.82, 2.24) is 4.98 Å². The van der Waals surface area contributed by atoms with Gasteiger partial charge in [0.25, 0.3) is 0 Å². The molecule has 5 nitrogen and oxygen atoms in total. The van der Waals surface area contributed by atoms with Gasteiger partial charge >= 0.3 is 0 Å². The molecule has 104 valence electrons. The fourth-order valence-corrected chi connectivity index (χ4v) is 1.77. The molecule has 1 heterocycles. The van der Waals surface area contributed by atoms with Crippen molar-refractivity contribution in [3.8, 4) is 11.5 Å². The Morgan fingerprint density at radius 2 is 2.10 bits per heavy atom. The smallest absolute Gasteiger partial charge is 0.131 e. The molecule has 5 heteroatoms. The number of aromatic nitrogens is 1. The van der Waals surface area contributed by atoms with Crippen molar-refractivity contribution in [3.63, 3.8) is 0 Å². The van der Waals surface area contributed by atoms with Crippen LogP contribution in [-0.2, 0) is 6.54 Å². The minimum absolute atomic E-state index is 0.354. The van der Waals surface area contributed by atoms with Crippen LogP contribution in [0.2, 0.25) is 0 Å². The van der Waals surface area contributed by atoms with Gasteiger partial charge in [-0.05, 0) is 24.3 Å². The molecule has 1 aromatic heterocycles. The number of aliphatic imine (C=N–C) groups is 1. The molecule has 0 aliphatic heterocycles. The first kappa shape index (κ1) is 14.0. The van der Waals surface area contributed by atoms with E-state index in [1.807, 2.05) is 30.3 Å². The fourth-order valence-electron chi connectivity index (χ4n) is 1.77. The van der Waals surface area contributed by atoms with Crippen molar-refractivity contribution < 1.29 is 9.47 Å². The van der Waals surface area contributed by atoms with Gasteiger partial charge in [0.15, 0.2) is 0 Å². The number of hydrogen-bond donors (Lipinski definition) is 1. The lowest BCUT2D eigenvalue weighted by Gasteiger charge is -2.07. The first-order valence-electron chi connectivity index (χ1n) is 6.18. The van der Waals surface area contributed by atoms with Crippen molar-refractivity contribution in [2.24, 2.45) is 10.7 Å². The van der Waals surface area contributed by atoms with E-state index < -0.39 is 0 Å². The third kappa shape index (κ3) is 3.13. The Morgan fingerprint density at radius 3 is 2.80 bits per heavy atom. The highest BCUT2D eigenvalue weighted by Gasteiger charge is 2.03. The Kier molecular flexibility index (Phi) is 4.68. The Hall–Kier alpha value is -2.40. The van der Waals surface area contributed by atoms with Crippen molar-refractivity contribution in [2.75, 3.05) is 14.2 Å². The monoisotopic (exact) mass is 271 g/mol. The van der Waals surface area contributed by atoms with Crippen LogP contribution in [0.4, 0.5) is 5.69 Å². The van der Waals surface area contributed by atoms with Gasteiger partial charge < -0.3 is 15.2 Å². The number of rotatable bonds is 5. The van der Waals surface area contributed by atoms with Gasteiger partial charge in [-0.3, -0.25) is 9.98 Å². The molecule has 2 rings (SSSR count). The highest BCUT2D eigenvalue weighted by Crippen LogP contribution is 2.24. The predicted octanol–water partition coefficient (Wildman–Crippen LogP) is 2.31. The summed E-state index contributed by atoms with van der Waals surface area (Å²) in [5, 5.41) is 0. The molecule has 0 aliphatic rings. The summed E-state index contributed by atoms with van der Waals surface area (Å²) in [4.78, 5) is 8.61. The van der Waals surface area contributed by atoms with E-state index in [-0.39, 0.29) is 0 Å². The first-order valence-corrected chi connectivity index (χ1v) is 6.18. The van der Waals surface area contributed by atoms with E-state index in [0.717, 1.165) is 22.7 Å². The Morgan fingerprint density at radius 1 is 1.25 bits per heavy atom. The molecule has 0 fully saturated rings. The van der Waals surface area contributed by atoms with Gasteiger partial charge in [-0.1, -0.05) is 0 Å². The standard InChI is InChI=1S/C15H17N3O2/c1-19-12-6-5-11(15(8-12)20-2)10-18-13-4-3-7-17-14(13)9-16/h3-8,10H,9,16H2,1-2H3. The van der Waals surface area contributed by atoms with Crippen LogP contribution in [0, 0.1) is 0 Å². The lowest BCUT2D eigenvalue weighted by molar-refractivity contribution is 0.394. The maximum atomic E-state index is 5.64. The largest absolute Gasteiger partial charge is 0.497 e. The maximum absolute atomic E-state index is 5.64. The zero-order valence-corrected chi connectivity index (χ0v) is 11.5. The molecular formula is C15H17N3O2. The predicted molar refractivity (Wildman–Crippen MR) is 78.9 cm³/mol. The molecule has 2 aromatic rings. The SMILES string of the molecule is COc1ccc(C=Nc2cccnc2CN)c(OC)c1. The first-order chi connectivity index (χ1) is 9.78. The highest BCUT2D eigenvalue weighted by molar-refractivity contribution is 5.86. The molecule has 20 heavy (non-hydrogen) atoms. The van der Waals surface area contributed by atoms with Crippen LogP contribution in [0.15, 0.2) is 41.5 Å². The Balaban J connectivity index is 2.31. The third-order valence-corrected chi connectivity index (χ3v) is 2.84. The van der Waals surface area contributed by atoms with Crippen LogP contribution >= 0.6 is 0 Å². The number of nitrogens with zero attached hydrogens (tertiary/aromatic N) is 2. The normalized spacial score (nSPS) is 10.8. The molecular weight excluding hydrogens is 254 g/mol. The summed E-state index contributed by atoms with van der Waals surface area (Å²) in [5.41, 5.74) is 8.01. The second kappa shape index (κ2) is 6.68. The van der Waals surface area contributed by atoms with Crippen LogP contribution in [0.3, 0.4) is 0 Å². The van der Waals surface area contributed by atoms with Crippen molar-refractivity contribution >= 4 is 11.9 Å².